The Morgan fingerprint density at radius 2 is 1.86 bits per heavy atom. The summed E-state index contributed by atoms with van der Waals surface area (Å²) < 4.78 is 2.98. The van der Waals surface area contributed by atoms with Crippen molar-refractivity contribution in [1.29, 1.82) is 0 Å². The van der Waals surface area contributed by atoms with E-state index in [-0.39, 0.29) is 11.8 Å². The van der Waals surface area contributed by atoms with Gasteiger partial charge < -0.3 is 10.2 Å². The van der Waals surface area contributed by atoms with Crippen LogP contribution in [0.5, 0.6) is 0 Å². The molecule has 1 atom stereocenters. The number of carbonyl (C=O) groups is 1. The molecule has 3 heterocycles. The van der Waals surface area contributed by atoms with E-state index in [2.05, 4.69) is 62.3 Å². The second-order valence-electron chi connectivity index (χ2n) is 9.24. The van der Waals surface area contributed by atoms with Crippen molar-refractivity contribution in [3.05, 3.63) is 75.5 Å². The number of rotatable bonds is 5. The number of aromatic nitrogens is 4. The van der Waals surface area contributed by atoms with Crippen molar-refractivity contribution in [3.8, 4) is 5.69 Å². The zero-order chi connectivity index (χ0) is 24.5. The van der Waals surface area contributed by atoms with Crippen molar-refractivity contribution in [3.63, 3.8) is 0 Å². The van der Waals surface area contributed by atoms with E-state index in [9.17, 15) is 4.79 Å². The number of halogens is 1. The minimum absolute atomic E-state index is 0.0887. The molecule has 0 spiro atoms. The number of hydrogen-bond acceptors (Lipinski definition) is 5. The van der Waals surface area contributed by atoms with Gasteiger partial charge in [0.25, 0.3) is 0 Å². The van der Waals surface area contributed by atoms with E-state index < -0.39 is 0 Å². The molecule has 0 radical (unpaired) electrons. The van der Waals surface area contributed by atoms with Gasteiger partial charge in [0.2, 0.25) is 5.91 Å². The Morgan fingerprint density at radius 1 is 1.09 bits per heavy atom. The first kappa shape index (κ1) is 23.5. The molecule has 1 saturated heterocycles. The van der Waals surface area contributed by atoms with Crippen LogP contribution in [0.2, 0.25) is 0 Å². The van der Waals surface area contributed by atoms with Crippen molar-refractivity contribution < 1.29 is 4.79 Å². The Morgan fingerprint density at radius 3 is 2.63 bits per heavy atom. The summed E-state index contributed by atoms with van der Waals surface area (Å²) in [6.07, 6.45) is 1.79. The maximum Gasteiger partial charge on any atom is 0.225 e. The highest BCUT2D eigenvalue weighted by Gasteiger charge is 2.29. The first-order chi connectivity index (χ1) is 16.9. The van der Waals surface area contributed by atoms with E-state index in [0.29, 0.717) is 13.1 Å². The number of anilines is 1. The molecule has 1 unspecified atom stereocenters. The van der Waals surface area contributed by atoms with Crippen molar-refractivity contribution in [2.45, 2.75) is 40.2 Å². The summed E-state index contributed by atoms with van der Waals surface area (Å²) in [6.45, 7) is 8.09. The highest BCUT2D eigenvalue weighted by molar-refractivity contribution is 9.10. The second kappa shape index (κ2) is 9.77. The minimum atomic E-state index is -0.0967. The molecule has 0 aliphatic carbocycles. The number of carbonyl (C=O) groups excluding carboxylic acids is 1. The minimum Gasteiger partial charge on any atom is -0.352 e. The zero-order valence-corrected chi connectivity index (χ0v) is 21.8. The first-order valence-electron chi connectivity index (χ1n) is 12.0. The van der Waals surface area contributed by atoms with Crippen molar-refractivity contribution >= 4 is 38.6 Å². The van der Waals surface area contributed by atoms with E-state index in [0.717, 1.165) is 63.2 Å². The number of piperidine rings is 1. The van der Waals surface area contributed by atoms with Gasteiger partial charge in [-0.25, -0.2) is 4.68 Å². The maximum absolute atomic E-state index is 13.1. The van der Waals surface area contributed by atoms with Crippen LogP contribution in [0, 0.1) is 26.7 Å². The van der Waals surface area contributed by atoms with Crippen LogP contribution in [0.1, 0.15) is 35.4 Å². The van der Waals surface area contributed by atoms with E-state index in [1.807, 2.05) is 48.0 Å². The molecule has 5 rings (SSSR count). The molecule has 1 aliphatic rings. The van der Waals surface area contributed by atoms with Crippen molar-refractivity contribution in [2.24, 2.45) is 5.92 Å². The molecule has 7 nitrogen and oxygen atoms in total. The topological polar surface area (TPSA) is 75.9 Å². The van der Waals surface area contributed by atoms with Crippen LogP contribution in [0.4, 0.5) is 5.82 Å². The summed E-state index contributed by atoms with van der Waals surface area (Å²) in [7, 11) is 0. The normalized spacial score (nSPS) is 16.0. The summed E-state index contributed by atoms with van der Waals surface area (Å²) in [5.74, 6) is 0.743. The third-order valence-corrected chi connectivity index (χ3v) is 7.39. The van der Waals surface area contributed by atoms with Gasteiger partial charge in [-0.3, -0.25) is 4.79 Å². The summed E-state index contributed by atoms with van der Waals surface area (Å²) in [6, 6.07) is 16.2. The number of aryl methyl sites for hydroxylation is 3. The Labute approximate surface area is 213 Å². The standard InChI is InChI=1S/C27H29BrN6O/c1-17-7-4-5-8-20(17)15-29-27(35)21-9-6-14-33(16-21)26-25-24(18(2)30-31-26)19(3)34(32-25)23-12-10-22(28)11-13-23/h4-5,7-8,10-13,21H,6,9,14-16H2,1-3H3,(H,29,35). The van der Waals surface area contributed by atoms with Crippen molar-refractivity contribution in [1.82, 2.24) is 25.3 Å². The average Bonchev–Trinajstić information content (AvgIpc) is 3.22. The molecule has 1 amide bonds. The number of fused-ring (bicyclic) bond motifs is 1. The fourth-order valence-corrected chi connectivity index (χ4v) is 5.14. The molecule has 180 valence electrons. The van der Waals surface area contributed by atoms with Crippen LogP contribution in [0.25, 0.3) is 16.6 Å². The SMILES string of the molecule is Cc1ccccc1CNC(=O)C1CCCN(c2nnc(C)c3c(C)n(-c4ccc(Br)cc4)nc23)C1. The van der Waals surface area contributed by atoms with Gasteiger partial charge >= 0.3 is 0 Å². The fourth-order valence-electron chi connectivity index (χ4n) is 4.88. The zero-order valence-electron chi connectivity index (χ0n) is 20.3. The number of benzene rings is 2. The van der Waals surface area contributed by atoms with Crippen LogP contribution < -0.4 is 10.2 Å². The first-order valence-corrected chi connectivity index (χ1v) is 12.8. The van der Waals surface area contributed by atoms with E-state index in [4.69, 9.17) is 5.10 Å². The highest BCUT2D eigenvalue weighted by Crippen LogP contribution is 2.32. The van der Waals surface area contributed by atoms with Gasteiger partial charge in [-0.05, 0) is 69.0 Å². The van der Waals surface area contributed by atoms with Crippen LogP contribution in [0.3, 0.4) is 0 Å². The smallest absolute Gasteiger partial charge is 0.225 e. The Bertz CT molecular complexity index is 1380. The van der Waals surface area contributed by atoms with Crippen molar-refractivity contribution in [2.75, 3.05) is 18.0 Å². The molecule has 1 fully saturated rings. The Hall–Kier alpha value is -3.26. The Balaban J connectivity index is 1.40. The molecule has 1 N–H and O–H groups in total. The summed E-state index contributed by atoms with van der Waals surface area (Å²) in [4.78, 5) is 15.2. The lowest BCUT2D eigenvalue weighted by Gasteiger charge is -2.32. The lowest BCUT2D eigenvalue weighted by atomic mass is 9.96. The predicted molar refractivity (Wildman–Crippen MR) is 142 cm³/mol. The number of amides is 1. The Kier molecular flexibility index (Phi) is 6.56. The molecule has 4 aromatic rings. The molecule has 2 aromatic heterocycles. The third kappa shape index (κ3) is 4.67. The molecule has 35 heavy (non-hydrogen) atoms. The molecular formula is C27H29BrN6O. The van der Waals surface area contributed by atoms with E-state index >= 15 is 0 Å². The monoisotopic (exact) mass is 532 g/mol. The van der Waals surface area contributed by atoms with Gasteiger partial charge in [0.1, 0.15) is 5.52 Å². The van der Waals surface area contributed by atoms with Crippen LogP contribution in [-0.4, -0.2) is 39.0 Å². The molecule has 1 aliphatic heterocycles. The van der Waals surface area contributed by atoms with E-state index in [1.165, 1.54) is 5.56 Å². The number of hydrogen-bond donors (Lipinski definition) is 1. The predicted octanol–water partition coefficient (Wildman–Crippen LogP) is 5.04. The number of nitrogens with one attached hydrogen (secondary N) is 1. The average molecular weight is 533 g/mol. The molecule has 0 bridgehead atoms. The maximum atomic E-state index is 13.1. The van der Waals surface area contributed by atoms with Crippen LogP contribution in [-0.2, 0) is 11.3 Å². The molecule has 8 heteroatoms. The number of nitrogens with zero attached hydrogens (tertiary/aromatic N) is 5. The highest BCUT2D eigenvalue weighted by atomic mass is 79.9. The summed E-state index contributed by atoms with van der Waals surface area (Å²) in [5.41, 5.74) is 6.04. The van der Waals surface area contributed by atoms with Gasteiger partial charge in [-0.2, -0.15) is 10.2 Å². The summed E-state index contributed by atoms with van der Waals surface area (Å²) >= 11 is 3.50. The second-order valence-corrected chi connectivity index (χ2v) is 10.2. The lowest BCUT2D eigenvalue weighted by molar-refractivity contribution is -0.125. The van der Waals surface area contributed by atoms with E-state index in [1.54, 1.807) is 0 Å². The van der Waals surface area contributed by atoms with Gasteiger partial charge in [-0.1, -0.05) is 40.2 Å². The van der Waals surface area contributed by atoms with Gasteiger partial charge in [0.05, 0.1) is 28.4 Å². The summed E-state index contributed by atoms with van der Waals surface area (Å²) in [5, 5.41) is 18.1. The quantitative estimate of drug-likeness (QED) is 0.389. The van der Waals surface area contributed by atoms with Crippen LogP contribution in [0.15, 0.2) is 53.0 Å². The van der Waals surface area contributed by atoms with Crippen LogP contribution >= 0.6 is 15.9 Å². The largest absolute Gasteiger partial charge is 0.352 e. The van der Waals surface area contributed by atoms with Gasteiger partial charge in [0, 0.05) is 24.1 Å². The molecule has 2 aromatic carbocycles. The van der Waals surface area contributed by atoms with Gasteiger partial charge in [-0.15, -0.1) is 5.10 Å². The fraction of sp³-hybridized carbons (Fsp3) is 0.333. The molecule has 0 saturated carbocycles. The molecular weight excluding hydrogens is 504 g/mol. The third-order valence-electron chi connectivity index (χ3n) is 6.86. The van der Waals surface area contributed by atoms with Gasteiger partial charge in [0.15, 0.2) is 5.82 Å². The lowest BCUT2D eigenvalue weighted by Crippen LogP contribution is -2.43.